The molecule has 5 atom stereocenters. The molecule has 1 N–H and O–H groups in total. The van der Waals surface area contributed by atoms with Gasteiger partial charge in [0.05, 0.1) is 6.10 Å². The maximum Gasteiger partial charge on any atom is 0.137 e. The van der Waals surface area contributed by atoms with Gasteiger partial charge in [0.15, 0.2) is 0 Å². The zero-order valence-corrected chi connectivity index (χ0v) is 13.4. The van der Waals surface area contributed by atoms with Crippen LogP contribution in [0.15, 0.2) is 0 Å². The summed E-state index contributed by atoms with van der Waals surface area (Å²) in [5.41, 5.74) is 0. The van der Waals surface area contributed by atoms with Crippen LogP contribution in [-0.4, -0.2) is 66.6 Å². The average Bonchev–Trinajstić information content (AvgIpc) is 2.63. The van der Waals surface area contributed by atoms with Crippen molar-refractivity contribution in [1.82, 2.24) is 9.80 Å². The first kappa shape index (κ1) is 15.9. The maximum atomic E-state index is 12.3. The molecule has 4 nitrogen and oxygen atoms in total. The number of likely N-dealkylation sites (tertiary alicyclic amines) is 1. The van der Waals surface area contributed by atoms with Gasteiger partial charge in [-0.25, -0.2) is 0 Å². The Hall–Kier alpha value is -0.450. The van der Waals surface area contributed by atoms with Gasteiger partial charge < -0.3 is 10.0 Å². The SMILES string of the molecule is CC1CC(=O)C(CN2CC(O)CC2CN(C)C)C(C)C1. The molecule has 1 saturated heterocycles. The Morgan fingerprint density at radius 3 is 2.60 bits per heavy atom. The highest BCUT2D eigenvalue weighted by Crippen LogP contribution is 2.33. The summed E-state index contributed by atoms with van der Waals surface area (Å²) in [4.78, 5) is 16.8. The van der Waals surface area contributed by atoms with Crippen molar-refractivity contribution in [3.8, 4) is 0 Å². The third-order valence-electron chi connectivity index (χ3n) is 4.94. The molecule has 1 heterocycles. The Balaban J connectivity index is 1.98. The predicted molar refractivity (Wildman–Crippen MR) is 80.6 cm³/mol. The Morgan fingerprint density at radius 2 is 2.00 bits per heavy atom. The second-order valence-corrected chi connectivity index (χ2v) is 7.35. The van der Waals surface area contributed by atoms with Gasteiger partial charge in [0.2, 0.25) is 0 Å². The van der Waals surface area contributed by atoms with Gasteiger partial charge in [-0.1, -0.05) is 13.8 Å². The normalized spacial score (nSPS) is 39.7. The molecule has 0 spiro atoms. The van der Waals surface area contributed by atoms with Gasteiger partial charge in [0.25, 0.3) is 0 Å². The molecule has 2 aliphatic rings. The van der Waals surface area contributed by atoms with Gasteiger partial charge in [0, 0.05) is 38.0 Å². The third kappa shape index (κ3) is 3.80. The number of Topliss-reactive ketones (excluding diaryl/α,β-unsaturated/α-hetero) is 1. The highest BCUT2D eigenvalue weighted by Gasteiger charge is 2.38. The molecular weight excluding hydrogens is 252 g/mol. The summed E-state index contributed by atoms with van der Waals surface area (Å²) in [6.45, 7) is 6.92. The van der Waals surface area contributed by atoms with E-state index in [9.17, 15) is 9.90 Å². The van der Waals surface area contributed by atoms with Crippen LogP contribution in [0.5, 0.6) is 0 Å². The lowest BCUT2D eigenvalue weighted by Gasteiger charge is -2.36. The van der Waals surface area contributed by atoms with Crippen LogP contribution < -0.4 is 0 Å². The molecular formula is C16H30N2O2. The zero-order chi connectivity index (χ0) is 14.9. The van der Waals surface area contributed by atoms with Crippen LogP contribution in [0.2, 0.25) is 0 Å². The fourth-order valence-corrected chi connectivity index (χ4v) is 4.02. The van der Waals surface area contributed by atoms with E-state index in [1.165, 1.54) is 0 Å². The first-order valence-electron chi connectivity index (χ1n) is 7.96. The minimum atomic E-state index is -0.229. The number of aliphatic hydroxyl groups is 1. The van der Waals surface area contributed by atoms with Crippen LogP contribution >= 0.6 is 0 Å². The van der Waals surface area contributed by atoms with Gasteiger partial charge in [-0.3, -0.25) is 9.69 Å². The van der Waals surface area contributed by atoms with Crippen molar-refractivity contribution in [2.45, 2.75) is 45.3 Å². The Labute approximate surface area is 123 Å². The van der Waals surface area contributed by atoms with Gasteiger partial charge in [-0.05, 0) is 38.8 Å². The van der Waals surface area contributed by atoms with E-state index in [1.807, 2.05) is 0 Å². The third-order valence-corrected chi connectivity index (χ3v) is 4.94. The average molecular weight is 282 g/mol. The molecule has 0 radical (unpaired) electrons. The van der Waals surface area contributed by atoms with Crippen LogP contribution in [0, 0.1) is 17.8 Å². The number of hydrogen-bond acceptors (Lipinski definition) is 4. The van der Waals surface area contributed by atoms with Crippen molar-refractivity contribution in [2.24, 2.45) is 17.8 Å². The van der Waals surface area contributed by atoms with Crippen molar-refractivity contribution in [2.75, 3.05) is 33.7 Å². The van der Waals surface area contributed by atoms with Crippen LogP contribution in [0.3, 0.4) is 0 Å². The number of nitrogens with zero attached hydrogens (tertiary/aromatic N) is 2. The summed E-state index contributed by atoms with van der Waals surface area (Å²) in [7, 11) is 4.14. The van der Waals surface area contributed by atoms with Crippen molar-refractivity contribution in [1.29, 1.82) is 0 Å². The first-order valence-corrected chi connectivity index (χ1v) is 7.96. The number of carbonyl (C=O) groups is 1. The van der Waals surface area contributed by atoms with Crippen LogP contribution in [0.1, 0.15) is 33.1 Å². The van der Waals surface area contributed by atoms with Crippen LogP contribution in [-0.2, 0) is 4.79 Å². The molecule has 1 aliphatic heterocycles. The van der Waals surface area contributed by atoms with Gasteiger partial charge in [-0.15, -0.1) is 0 Å². The van der Waals surface area contributed by atoms with Crippen molar-refractivity contribution < 1.29 is 9.90 Å². The molecule has 20 heavy (non-hydrogen) atoms. The first-order chi connectivity index (χ1) is 9.36. The van der Waals surface area contributed by atoms with E-state index in [0.29, 0.717) is 23.7 Å². The van der Waals surface area contributed by atoms with Crippen molar-refractivity contribution in [3.05, 3.63) is 0 Å². The molecule has 116 valence electrons. The van der Waals surface area contributed by atoms with Crippen molar-refractivity contribution in [3.63, 3.8) is 0 Å². The fourth-order valence-electron chi connectivity index (χ4n) is 4.02. The Morgan fingerprint density at radius 1 is 1.30 bits per heavy atom. The Kier molecular flexibility index (Phi) is 5.21. The molecule has 0 aromatic heterocycles. The van der Waals surface area contributed by atoms with E-state index in [1.54, 1.807) is 0 Å². The highest BCUT2D eigenvalue weighted by molar-refractivity contribution is 5.82. The second kappa shape index (κ2) is 6.54. The van der Waals surface area contributed by atoms with E-state index >= 15 is 0 Å². The monoisotopic (exact) mass is 282 g/mol. The zero-order valence-electron chi connectivity index (χ0n) is 13.4. The number of ketones is 1. The minimum Gasteiger partial charge on any atom is -0.392 e. The molecule has 0 amide bonds. The van der Waals surface area contributed by atoms with E-state index in [0.717, 1.165) is 38.9 Å². The largest absolute Gasteiger partial charge is 0.392 e. The van der Waals surface area contributed by atoms with E-state index in [-0.39, 0.29) is 12.0 Å². The van der Waals surface area contributed by atoms with Gasteiger partial charge in [0.1, 0.15) is 5.78 Å². The smallest absolute Gasteiger partial charge is 0.137 e. The second-order valence-electron chi connectivity index (χ2n) is 7.35. The summed E-state index contributed by atoms with van der Waals surface area (Å²) < 4.78 is 0. The van der Waals surface area contributed by atoms with Crippen LogP contribution in [0.25, 0.3) is 0 Å². The number of rotatable bonds is 4. The number of likely N-dealkylation sites (N-methyl/N-ethyl adjacent to an activating group) is 1. The summed E-state index contributed by atoms with van der Waals surface area (Å²) in [5, 5.41) is 9.94. The fraction of sp³-hybridized carbons (Fsp3) is 0.938. The summed E-state index contributed by atoms with van der Waals surface area (Å²) in [5.74, 6) is 1.61. The minimum absolute atomic E-state index is 0.168. The van der Waals surface area contributed by atoms with Crippen LogP contribution in [0.4, 0.5) is 0 Å². The standard InChI is InChI=1S/C16H30N2O2/c1-11-5-12(2)15(16(20)6-11)10-18-9-14(19)7-13(18)8-17(3)4/h11-15,19H,5-10H2,1-4H3. The molecule has 1 saturated carbocycles. The van der Waals surface area contributed by atoms with Crippen molar-refractivity contribution >= 4 is 5.78 Å². The highest BCUT2D eigenvalue weighted by atomic mass is 16.3. The molecule has 2 rings (SSSR count). The molecule has 1 aliphatic carbocycles. The Bertz CT molecular complexity index is 345. The molecule has 0 bridgehead atoms. The van der Waals surface area contributed by atoms with E-state index < -0.39 is 0 Å². The topological polar surface area (TPSA) is 43.8 Å². The molecule has 2 fully saturated rings. The maximum absolute atomic E-state index is 12.3. The summed E-state index contributed by atoms with van der Waals surface area (Å²) in [6, 6.07) is 0.388. The summed E-state index contributed by atoms with van der Waals surface area (Å²) >= 11 is 0. The molecule has 4 heteroatoms. The van der Waals surface area contributed by atoms with Gasteiger partial charge in [-0.2, -0.15) is 0 Å². The number of carbonyl (C=O) groups excluding carboxylic acids is 1. The number of aliphatic hydroxyl groups excluding tert-OH is 1. The molecule has 0 aromatic rings. The number of hydrogen-bond donors (Lipinski definition) is 1. The molecule has 5 unspecified atom stereocenters. The lowest BCUT2D eigenvalue weighted by atomic mass is 9.74. The summed E-state index contributed by atoms with van der Waals surface area (Å²) in [6.07, 6.45) is 2.51. The van der Waals surface area contributed by atoms with E-state index in [4.69, 9.17) is 0 Å². The predicted octanol–water partition coefficient (Wildman–Crippen LogP) is 1.23. The molecule has 0 aromatic carbocycles. The van der Waals surface area contributed by atoms with E-state index in [2.05, 4.69) is 37.7 Å². The number of β-amino-alcohol motifs (C(OH)–C–C–N with tert-alkyl or cyclic N) is 1. The quantitative estimate of drug-likeness (QED) is 0.842. The lowest BCUT2D eigenvalue weighted by molar-refractivity contribution is -0.128. The van der Waals surface area contributed by atoms with Gasteiger partial charge >= 0.3 is 0 Å². The lowest BCUT2D eigenvalue weighted by Crippen LogP contribution is -2.45.